The molecule has 0 saturated carbocycles. The van der Waals surface area contributed by atoms with Crippen molar-refractivity contribution in [3.05, 3.63) is 71.5 Å². The molecule has 2 aromatic rings. The highest BCUT2D eigenvalue weighted by molar-refractivity contribution is 6.04. The highest BCUT2D eigenvalue weighted by Gasteiger charge is 2.38. The zero-order valence-corrected chi connectivity index (χ0v) is 13.6. The minimum atomic E-state index is -1.13. The van der Waals surface area contributed by atoms with Crippen molar-refractivity contribution >= 4 is 11.9 Å². The molecule has 2 N–H and O–H groups in total. The highest BCUT2D eigenvalue weighted by atomic mass is 19.1. The van der Waals surface area contributed by atoms with Gasteiger partial charge in [-0.25, -0.2) is 9.18 Å². The number of aryl methyl sites for hydroxylation is 1. The fourth-order valence-electron chi connectivity index (χ4n) is 2.89. The normalized spacial score (nSPS) is 18.3. The summed E-state index contributed by atoms with van der Waals surface area (Å²) in [4.78, 5) is 25.5. The Hall–Kier alpha value is -2.73. The molecule has 1 aliphatic heterocycles. The third-order valence-electron chi connectivity index (χ3n) is 4.26. The van der Waals surface area contributed by atoms with Crippen molar-refractivity contribution in [1.29, 1.82) is 0 Å². The standard InChI is InChI=1S/C19H19FN2O3/c20-15-8-4-7-14(11-15)17(23)12-22-18(24)16(21-19(22)25)10-9-13-5-2-1-3-6-13/h1-8,11,16-17,23H,9-10,12H2,(H,21,25)/t16-,17+/m1/s1. The predicted molar refractivity (Wildman–Crippen MR) is 90.2 cm³/mol. The van der Waals surface area contributed by atoms with Crippen LogP contribution >= 0.6 is 0 Å². The summed E-state index contributed by atoms with van der Waals surface area (Å²) in [6, 6.07) is 14.0. The number of urea groups is 1. The van der Waals surface area contributed by atoms with Gasteiger partial charge in [-0.3, -0.25) is 9.69 Å². The van der Waals surface area contributed by atoms with E-state index in [-0.39, 0.29) is 12.5 Å². The van der Waals surface area contributed by atoms with Gasteiger partial charge in [-0.05, 0) is 36.1 Å². The van der Waals surface area contributed by atoms with Crippen molar-refractivity contribution in [3.63, 3.8) is 0 Å². The Morgan fingerprint density at radius 1 is 1.12 bits per heavy atom. The molecule has 3 rings (SSSR count). The first kappa shape index (κ1) is 17.1. The molecule has 3 amide bonds. The number of carbonyl (C=O) groups is 2. The Bertz CT molecular complexity index is 766. The van der Waals surface area contributed by atoms with Gasteiger partial charge in [0.25, 0.3) is 5.91 Å². The third-order valence-corrected chi connectivity index (χ3v) is 4.26. The molecule has 0 unspecified atom stereocenters. The van der Waals surface area contributed by atoms with Crippen molar-refractivity contribution in [2.75, 3.05) is 6.54 Å². The maximum atomic E-state index is 13.2. The van der Waals surface area contributed by atoms with Crippen LogP contribution in [0.2, 0.25) is 0 Å². The number of halogens is 1. The summed E-state index contributed by atoms with van der Waals surface area (Å²) in [5.74, 6) is -0.842. The second kappa shape index (κ2) is 7.44. The number of aliphatic hydroxyl groups excluding tert-OH is 1. The van der Waals surface area contributed by atoms with E-state index in [1.54, 1.807) is 6.07 Å². The molecule has 1 heterocycles. The van der Waals surface area contributed by atoms with Crippen LogP contribution in [-0.4, -0.2) is 34.5 Å². The smallest absolute Gasteiger partial charge is 0.324 e. The number of hydrogen-bond donors (Lipinski definition) is 2. The first-order valence-corrected chi connectivity index (χ1v) is 8.14. The molecule has 130 valence electrons. The monoisotopic (exact) mass is 342 g/mol. The van der Waals surface area contributed by atoms with Gasteiger partial charge < -0.3 is 10.4 Å². The number of carbonyl (C=O) groups excluding carboxylic acids is 2. The Morgan fingerprint density at radius 3 is 2.60 bits per heavy atom. The number of aliphatic hydroxyl groups is 1. The van der Waals surface area contributed by atoms with E-state index in [1.165, 1.54) is 18.2 Å². The Kier molecular flexibility index (Phi) is 5.09. The average Bonchev–Trinajstić information content (AvgIpc) is 2.88. The van der Waals surface area contributed by atoms with Gasteiger partial charge >= 0.3 is 6.03 Å². The third kappa shape index (κ3) is 4.03. The molecule has 5 nitrogen and oxygen atoms in total. The van der Waals surface area contributed by atoms with Crippen LogP contribution in [0.4, 0.5) is 9.18 Å². The van der Waals surface area contributed by atoms with E-state index in [0.717, 1.165) is 10.5 Å². The van der Waals surface area contributed by atoms with Gasteiger partial charge in [-0.15, -0.1) is 0 Å². The lowest BCUT2D eigenvalue weighted by atomic mass is 10.0. The lowest BCUT2D eigenvalue weighted by Gasteiger charge is -2.18. The molecule has 1 aliphatic rings. The van der Waals surface area contributed by atoms with Crippen LogP contribution in [0.5, 0.6) is 0 Å². The molecule has 2 aromatic carbocycles. The summed E-state index contributed by atoms with van der Waals surface area (Å²) < 4.78 is 13.2. The van der Waals surface area contributed by atoms with E-state index in [9.17, 15) is 19.1 Å². The second-order valence-electron chi connectivity index (χ2n) is 6.05. The zero-order chi connectivity index (χ0) is 17.8. The number of benzene rings is 2. The van der Waals surface area contributed by atoms with Crippen LogP contribution in [0.15, 0.2) is 54.6 Å². The molecule has 0 radical (unpaired) electrons. The first-order chi connectivity index (χ1) is 12.0. The van der Waals surface area contributed by atoms with Gasteiger partial charge in [0.05, 0.1) is 12.6 Å². The summed E-state index contributed by atoms with van der Waals surface area (Å²) >= 11 is 0. The largest absolute Gasteiger partial charge is 0.387 e. The van der Waals surface area contributed by atoms with Gasteiger partial charge in [0, 0.05) is 0 Å². The van der Waals surface area contributed by atoms with Gasteiger partial charge in [-0.2, -0.15) is 0 Å². The number of hydrogen-bond acceptors (Lipinski definition) is 3. The average molecular weight is 342 g/mol. The highest BCUT2D eigenvalue weighted by Crippen LogP contribution is 2.19. The Balaban J connectivity index is 1.61. The van der Waals surface area contributed by atoms with Crippen molar-refractivity contribution < 1.29 is 19.1 Å². The lowest BCUT2D eigenvalue weighted by Crippen LogP contribution is -2.35. The summed E-state index contributed by atoms with van der Waals surface area (Å²) in [5, 5.41) is 12.8. The molecule has 1 fully saturated rings. The SMILES string of the molecule is O=C1N[C@H](CCc2ccccc2)C(=O)N1C[C@H](O)c1cccc(F)c1. The topological polar surface area (TPSA) is 69.6 Å². The van der Waals surface area contributed by atoms with E-state index in [4.69, 9.17) is 0 Å². The number of rotatable bonds is 6. The van der Waals surface area contributed by atoms with Crippen LogP contribution in [-0.2, 0) is 11.2 Å². The molecular weight excluding hydrogens is 323 g/mol. The van der Waals surface area contributed by atoms with Gasteiger partial charge in [0.2, 0.25) is 0 Å². The fourth-order valence-corrected chi connectivity index (χ4v) is 2.89. The van der Waals surface area contributed by atoms with Gasteiger partial charge in [-0.1, -0.05) is 42.5 Å². The molecule has 0 aromatic heterocycles. The van der Waals surface area contributed by atoms with Crippen LogP contribution in [0, 0.1) is 5.82 Å². The summed E-state index contributed by atoms with van der Waals surface area (Å²) in [7, 11) is 0. The summed E-state index contributed by atoms with van der Waals surface area (Å²) in [6.07, 6.45) is 0.0252. The van der Waals surface area contributed by atoms with E-state index < -0.39 is 24.0 Å². The number of β-amino-alcohol motifs (C(OH)–C–C–N with tert-alkyl or cyclic N) is 1. The fraction of sp³-hybridized carbons (Fsp3) is 0.263. The molecule has 6 heteroatoms. The number of imide groups is 1. The van der Waals surface area contributed by atoms with Gasteiger partial charge in [0.1, 0.15) is 11.9 Å². The summed E-state index contributed by atoms with van der Waals surface area (Å²) in [5.41, 5.74) is 1.41. The van der Waals surface area contributed by atoms with Crippen LogP contribution in [0.25, 0.3) is 0 Å². The quantitative estimate of drug-likeness (QED) is 0.792. The van der Waals surface area contributed by atoms with E-state index >= 15 is 0 Å². The van der Waals surface area contributed by atoms with Gasteiger partial charge in [0.15, 0.2) is 0 Å². The maximum Gasteiger partial charge on any atom is 0.324 e. The Morgan fingerprint density at radius 2 is 1.88 bits per heavy atom. The van der Waals surface area contributed by atoms with Crippen LogP contribution in [0.3, 0.4) is 0 Å². The van der Waals surface area contributed by atoms with E-state index in [1.807, 2.05) is 30.3 Å². The molecule has 0 spiro atoms. The van der Waals surface area contributed by atoms with Crippen molar-refractivity contribution in [2.24, 2.45) is 0 Å². The van der Waals surface area contributed by atoms with E-state index in [0.29, 0.717) is 18.4 Å². The van der Waals surface area contributed by atoms with Crippen molar-refractivity contribution in [2.45, 2.75) is 25.0 Å². The van der Waals surface area contributed by atoms with E-state index in [2.05, 4.69) is 5.32 Å². The molecule has 1 saturated heterocycles. The number of amides is 3. The number of nitrogens with zero attached hydrogens (tertiary/aromatic N) is 1. The molecule has 0 aliphatic carbocycles. The number of nitrogens with one attached hydrogen (secondary N) is 1. The predicted octanol–water partition coefficient (Wildman–Crippen LogP) is 2.41. The van der Waals surface area contributed by atoms with Crippen molar-refractivity contribution in [1.82, 2.24) is 10.2 Å². The molecule has 25 heavy (non-hydrogen) atoms. The molecule has 2 atom stereocenters. The van der Waals surface area contributed by atoms with Crippen LogP contribution in [0.1, 0.15) is 23.7 Å². The molecular formula is C19H19FN2O3. The minimum Gasteiger partial charge on any atom is -0.387 e. The lowest BCUT2D eigenvalue weighted by molar-refractivity contribution is -0.128. The molecule has 0 bridgehead atoms. The van der Waals surface area contributed by atoms with Crippen LogP contribution < -0.4 is 5.32 Å². The maximum absolute atomic E-state index is 13.2. The Labute approximate surface area is 145 Å². The first-order valence-electron chi connectivity index (χ1n) is 8.14. The summed E-state index contributed by atoms with van der Waals surface area (Å²) in [6.45, 7) is -0.198. The second-order valence-corrected chi connectivity index (χ2v) is 6.05. The minimum absolute atomic E-state index is 0.198. The zero-order valence-electron chi connectivity index (χ0n) is 13.6. The van der Waals surface area contributed by atoms with Crippen molar-refractivity contribution in [3.8, 4) is 0 Å².